The van der Waals surface area contributed by atoms with Gasteiger partial charge in [0.05, 0.1) is 11.5 Å². The normalized spacial score (nSPS) is 10.2. The maximum absolute atomic E-state index is 12.3. The molecular formula is C19H20ClN3O4S. The molecule has 9 heteroatoms. The van der Waals surface area contributed by atoms with Gasteiger partial charge in [-0.3, -0.25) is 20.2 Å². The lowest BCUT2D eigenvalue weighted by Crippen LogP contribution is -2.34. The van der Waals surface area contributed by atoms with Crippen LogP contribution in [0, 0.1) is 10.1 Å². The van der Waals surface area contributed by atoms with Gasteiger partial charge >= 0.3 is 0 Å². The minimum atomic E-state index is -0.585. The molecule has 0 fully saturated rings. The van der Waals surface area contributed by atoms with Crippen molar-refractivity contribution < 1.29 is 14.5 Å². The molecule has 0 aliphatic rings. The first-order chi connectivity index (χ1) is 13.4. The number of amides is 1. The van der Waals surface area contributed by atoms with E-state index in [0.29, 0.717) is 17.9 Å². The van der Waals surface area contributed by atoms with Crippen molar-refractivity contribution in [1.82, 2.24) is 5.32 Å². The van der Waals surface area contributed by atoms with Gasteiger partial charge in [-0.1, -0.05) is 31.4 Å². The predicted octanol–water partition coefficient (Wildman–Crippen LogP) is 4.94. The number of thiocarbonyl (C=S) groups is 1. The number of carbonyl (C=O) groups is 1. The molecule has 0 saturated heterocycles. The summed E-state index contributed by atoms with van der Waals surface area (Å²) in [5.74, 6) is 0.247. The highest BCUT2D eigenvalue weighted by molar-refractivity contribution is 7.80. The zero-order chi connectivity index (χ0) is 20.5. The molecule has 0 radical (unpaired) electrons. The van der Waals surface area contributed by atoms with Crippen molar-refractivity contribution in [2.75, 3.05) is 11.9 Å². The summed E-state index contributed by atoms with van der Waals surface area (Å²) in [6.07, 6.45) is 3.21. The van der Waals surface area contributed by atoms with Crippen LogP contribution >= 0.6 is 23.8 Å². The minimum Gasteiger partial charge on any atom is -0.494 e. The number of nitrogens with zero attached hydrogens (tertiary/aromatic N) is 1. The molecule has 0 aromatic heterocycles. The van der Waals surface area contributed by atoms with Gasteiger partial charge in [0.2, 0.25) is 0 Å². The molecule has 0 saturated carbocycles. The average Bonchev–Trinajstić information content (AvgIpc) is 2.67. The summed E-state index contributed by atoms with van der Waals surface area (Å²) in [5.41, 5.74) is 0.278. The van der Waals surface area contributed by atoms with Crippen LogP contribution in [0.25, 0.3) is 0 Å². The number of benzene rings is 2. The fourth-order valence-electron chi connectivity index (χ4n) is 2.34. The fourth-order valence-corrected chi connectivity index (χ4v) is 2.70. The number of hydrogen-bond acceptors (Lipinski definition) is 5. The molecule has 2 N–H and O–H groups in total. The van der Waals surface area contributed by atoms with Crippen molar-refractivity contribution in [1.29, 1.82) is 0 Å². The molecule has 0 bridgehead atoms. The van der Waals surface area contributed by atoms with E-state index in [1.54, 1.807) is 24.3 Å². The van der Waals surface area contributed by atoms with Crippen molar-refractivity contribution in [3.05, 3.63) is 63.2 Å². The van der Waals surface area contributed by atoms with Crippen LogP contribution in [-0.4, -0.2) is 22.5 Å². The van der Waals surface area contributed by atoms with Crippen LogP contribution in [0.2, 0.25) is 5.02 Å². The van der Waals surface area contributed by atoms with Gasteiger partial charge in [-0.25, -0.2) is 0 Å². The molecule has 1 amide bonds. The van der Waals surface area contributed by atoms with E-state index >= 15 is 0 Å². The largest absolute Gasteiger partial charge is 0.494 e. The Balaban J connectivity index is 1.94. The number of hydrogen-bond donors (Lipinski definition) is 2. The molecule has 28 heavy (non-hydrogen) atoms. The summed E-state index contributed by atoms with van der Waals surface area (Å²) in [6.45, 7) is 2.76. The summed E-state index contributed by atoms with van der Waals surface area (Å²) in [7, 11) is 0. The Morgan fingerprint density at radius 3 is 2.57 bits per heavy atom. The van der Waals surface area contributed by atoms with E-state index in [4.69, 9.17) is 28.6 Å². The first-order valence-electron chi connectivity index (χ1n) is 8.70. The van der Waals surface area contributed by atoms with E-state index < -0.39 is 10.8 Å². The van der Waals surface area contributed by atoms with E-state index in [9.17, 15) is 14.9 Å². The third kappa shape index (κ3) is 6.47. The lowest BCUT2D eigenvalue weighted by Gasteiger charge is -2.11. The van der Waals surface area contributed by atoms with Crippen LogP contribution < -0.4 is 15.4 Å². The Labute approximate surface area is 173 Å². The summed E-state index contributed by atoms with van der Waals surface area (Å²) >= 11 is 10.9. The monoisotopic (exact) mass is 421 g/mol. The molecule has 0 heterocycles. The number of halogens is 1. The highest BCUT2D eigenvalue weighted by Crippen LogP contribution is 2.27. The van der Waals surface area contributed by atoms with Crippen LogP contribution in [0.5, 0.6) is 5.75 Å². The van der Waals surface area contributed by atoms with Crippen LogP contribution in [0.4, 0.5) is 11.4 Å². The van der Waals surface area contributed by atoms with Crippen molar-refractivity contribution >= 4 is 46.2 Å². The smallest absolute Gasteiger partial charge is 0.294 e. The van der Waals surface area contributed by atoms with Crippen molar-refractivity contribution in [2.24, 2.45) is 0 Å². The number of nitro groups is 1. The SMILES string of the molecule is CCCCCOc1ccc(C(=O)NC(=S)Nc2ccc(Cl)cc2[N+](=O)[O-])cc1. The Morgan fingerprint density at radius 1 is 1.21 bits per heavy atom. The van der Waals surface area contributed by atoms with Gasteiger partial charge in [0.15, 0.2) is 5.11 Å². The standard InChI is InChI=1S/C19H20ClN3O4S/c1-2-3-4-11-27-15-8-5-13(6-9-15)18(24)22-19(28)21-16-10-7-14(20)12-17(16)23(25)26/h5-10,12H,2-4,11H2,1H3,(H2,21,22,24,28). The summed E-state index contributed by atoms with van der Waals surface area (Å²) in [4.78, 5) is 22.8. The maximum Gasteiger partial charge on any atom is 0.294 e. The summed E-state index contributed by atoms with van der Waals surface area (Å²) in [5, 5.41) is 16.4. The van der Waals surface area contributed by atoms with Crippen molar-refractivity contribution in [2.45, 2.75) is 26.2 Å². The van der Waals surface area contributed by atoms with Gasteiger partial charge in [-0.15, -0.1) is 0 Å². The molecule has 0 unspecified atom stereocenters. The molecular weight excluding hydrogens is 402 g/mol. The molecule has 2 aromatic rings. The van der Waals surface area contributed by atoms with Crippen LogP contribution in [0.3, 0.4) is 0 Å². The molecule has 0 aliphatic carbocycles. The van der Waals surface area contributed by atoms with E-state index in [1.807, 2.05) is 0 Å². The molecule has 148 valence electrons. The molecule has 2 aromatic carbocycles. The van der Waals surface area contributed by atoms with Gasteiger partial charge in [-0.2, -0.15) is 0 Å². The number of anilines is 1. The fraction of sp³-hybridized carbons (Fsp3) is 0.263. The van der Waals surface area contributed by atoms with Crippen LogP contribution in [-0.2, 0) is 0 Å². The van der Waals surface area contributed by atoms with Crippen molar-refractivity contribution in [3.8, 4) is 5.75 Å². The Morgan fingerprint density at radius 2 is 1.93 bits per heavy atom. The topological polar surface area (TPSA) is 93.5 Å². The highest BCUT2D eigenvalue weighted by Gasteiger charge is 2.16. The number of unbranched alkanes of at least 4 members (excludes halogenated alkanes) is 2. The Kier molecular flexibility index (Phi) is 8.16. The maximum atomic E-state index is 12.3. The van der Waals surface area contributed by atoms with E-state index in [1.165, 1.54) is 18.2 Å². The second kappa shape index (κ2) is 10.6. The van der Waals surface area contributed by atoms with Gasteiger partial charge in [-0.05, 0) is 55.0 Å². The summed E-state index contributed by atoms with van der Waals surface area (Å²) in [6, 6.07) is 10.8. The van der Waals surface area contributed by atoms with Gasteiger partial charge in [0.25, 0.3) is 11.6 Å². The van der Waals surface area contributed by atoms with Crippen molar-refractivity contribution in [3.63, 3.8) is 0 Å². The number of ether oxygens (including phenoxy) is 1. The quantitative estimate of drug-likeness (QED) is 0.271. The van der Waals surface area contributed by atoms with Gasteiger partial charge in [0.1, 0.15) is 11.4 Å². The third-order valence-corrected chi connectivity index (χ3v) is 4.20. The molecule has 0 atom stereocenters. The van der Waals surface area contributed by atoms with E-state index in [0.717, 1.165) is 19.3 Å². The highest BCUT2D eigenvalue weighted by atomic mass is 35.5. The number of rotatable bonds is 8. The zero-order valence-corrected chi connectivity index (χ0v) is 16.8. The number of nitro benzene ring substituents is 1. The summed E-state index contributed by atoms with van der Waals surface area (Å²) < 4.78 is 5.60. The molecule has 7 nitrogen and oxygen atoms in total. The number of nitrogens with one attached hydrogen (secondary N) is 2. The van der Waals surface area contributed by atoms with Crippen LogP contribution in [0.1, 0.15) is 36.5 Å². The first-order valence-corrected chi connectivity index (χ1v) is 9.48. The van der Waals surface area contributed by atoms with Gasteiger partial charge in [0, 0.05) is 16.7 Å². The predicted molar refractivity (Wildman–Crippen MR) is 113 cm³/mol. The van der Waals surface area contributed by atoms with E-state index in [2.05, 4.69) is 17.6 Å². The molecule has 0 aliphatic heterocycles. The Bertz CT molecular complexity index is 859. The second-order valence-electron chi connectivity index (χ2n) is 5.91. The van der Waals surface area contributed by atoms with Gasteiger partial charge < -0.3 is 10.1 Å². The first kappa shape index (κ1) is 21.6. The number of carbonyl (C=O) groups excluding carboxylic acids is 1. The molecule has 0 spiro atoms. The zero-order valence-electron chi connectivity index (χ0n) is 15.2. The third-order valence-electron chi connectivity index (χ3n) is 3.76. The van der Waals surface area contributed by atoms with E-state index in [-0.39, 0.29) is 21.5 Å². The lowest BCUT2D eigenvalue weighted by atomic mass is 10.2. The average molecular weight is 422 g/mol. The minimum absolute atomic E-state index is 0.0599. The van der Waals surface area contributed by atoms with Crippen LogP contribution in [0.15, 0.2) is 42.5 Å². The molecule has 2 rings (SSSR count). The second-order valence-corrected chi connectivity index (χ2v) is 6.75. The lowest BCUT2D eigenvalue weighted by molar-refractivity contribution is -0.383. The Hall–Kier alpha value is -2.71.